The summed E-state index contributed by atoms with van der Waals surface area (Å²) < 4.78 is 18.6. The Kier molecular flexibility index (Phi) is 3.09. The molecule has 92 valence electrons. The number of hydrogen-bond donors (Lipinski definition) is 1. The number of rotatable bonds is 3. The first-order chi connectivity index (χ1) is 8.58. The topological polar surface area (TPSA) is 72.6 Å². The molecular weight excluding hydrogens is 241 g/mol. The van der Waals surface area contributed by atoms with E-state index >= 15 is 0 Å². The van der Waals surface area contributed by atoms with E-state index in [-0.39, 0.29) is 22.9 Å². The number of halogens is 1. The Morgan fingerprint density at radius 3 is 2.50 bits per heavy atom. The van der Waals surface area contributed by atoms with Crippen LogP contribution in [0.4, 0.5) is 10.1 Å². The van der Waals surface area contributed by atoms with E-state index in [1.165, 1.54) is 12.1 Å². The molecular formula is C12H8FNO4. The molecule has 0 saturated carbocycles. The molecule has 0 fully saturated rings. The molecule has 0 radical (unpaired) electrons. The van der Waals surface area contributed by atoms with Crippen molar-refractivity contribution in [3.63, 3.8) is 0 Å². The molecule has 2 rings (SSSR count). The highest BCUT2D eigenvalue weighted by Crippen LogP contribution is 2.32. The zero-order chi connectivity index (χ0) is 13.1. The zero-order valence-electron chi connectivity index (χ0n) is 9.04. The number of phenolic OH excluding ortho intramolecular Hbond substituents is 1. The monoisotopic (exact) mass is 249 g/mol. The number of aromatic hydroxyl groups is 1. The molecule has 0 bridgehead atoms. The van der Waals surface area contributed by atoms with Crippen LogP contribution in [0.25, 0.3) is 0 Å². The minimum absolute atomic E-state index is 0.0743. The van der Waals surface area contributed by atoms with E-state index in [4.69, 9.17) is 4.74 Å². The number of nitro benzene ring substituents is 1. The van der Waals surface area contributed by atoms with Crippen molar-refractivity contribution >= 4 is 5.69 Å². The first kappa shape index (κ1) is 11.8. The summed E-state index contributed by atoms with van der Waals surface area (Å²) in [6, 6.07) is 9.06. The third-order valence-corrected chi connectivity index (χ3v) is 2.21. The molecule has 0 saturated heterocycles. The normalized spacial score (nSPS) is 10.1. The van der Waals surface area contributed by atoms with Crippen molar-refractivity contribution in [2.75, 3.05) is 0 Å². The van der Waals surface area contributed by atoms with Gasteiger partial charge >= 0.3 is 0 Å². The molecule has 0 aromatic heterocycles. The Morgan fingerprint density at radius 1 is 1.17 bits per heavy atom. The summed E-state index contributed by atoms with van der Waals surface area (Å²) in [6.45, 7) is 0. The maximum absolute atomic E-state index is 13.5. The summed E-state index contributed by atoms with van der Waals surface area (Å²) in [4.78, 5) is 9.73. The summed E-state index contributed by atoms with van der Waals surface area (Å²) in [7, 11) is 0. The molecule has 1 N–H and O–H groups in total. The fourth-order valence-corrected chi connectivity index (χ4v) is 1.35. The average molecular weight is 249 g/mol. The third kappa shape index (κ3) is 2.37. The van der Waals surface area contributed by atoms with Crippen LogP contribution in [-0.4, -0.2) is 10.0 Å². The Hall–Kier alpha value is -2.63. The van der Waals surface area contributed by atoms with Gasteiger partial charge in [-0.2, -0.15) is 0 Å². The quantitative estimate of drug-likeness (QED) is 0.669. The number of benzene rings is 2. The number of hydrogen-bond acceptors (Lipinski definition) is 4. The summed E-state index contributed by atoms with van der Waals surface area (Å²) >= 11 is 0. The molecule has 0 atom stereocenters. The van der Waals surface area contributed by atoms with Crippen LogP contribution in [0.3, 0.4) is 0 Å². The number of nitrogens with zero attached hydrogens (tertiary/aromatic N) is 1. The van der Waals surface area contributed by atoms with Gasteiger partial charge in [0, 0.05) is 6.07 Å². The van der Waals surface area contributed by atoms with Crippen molar-refractivity contribution in [3.05, 3.63) is 58.4 Å². The Labute approximate surface area is 101 Å². The molecule has 0 heterocycles. The van der Waals surface area contributed by atoms with Crippen molar-refractivity contribution in [1.29, 1.82) is 0 Å². The molecule has 0 amide bonds. The van der Waals surface area contributed by atoms with Gasteiger partial charge in [-0.1, -0.05) is 12.1 Å². The predicted molar refractivity (Wildman–Crippen MR) is 61.2 cm³/mol. The fourth-order valence-electron chi connectivity index (χ4n) is 1.35. The van der Waals surface area contributed by atoms with E-state index in [2.05, 4.69) is 0 Å². The summed E-state index contributed by atoms with van der Waals surface area (Å²) in [5, 5.41) is 19.9. The molecule has 2 aromatic carbocycles. The van der Waals surface area contributed by atoms with Gasteiger partial charge in [0.25, 0.3) is 5.69 Å². The molecule has 6 heteroatoms. The molecule has 18 heavy (non-hydrogen) atoms. The van der Waals surface area contributed by atoms with Crippen LogP contribution in [0.15, 0.2) is 42.5 Å². The maximum atomic E-state index is 13.5. The Morgan fingerprint density at radius 2 is 1.89 bits per heavy atom. The van der Waals surface area contributed by atoms with E-state index in [9.17, 15) is 19.6 Å². The lowest BCUT2D eigenvalue weighted by Crippen LogP contribution is -1.92. The van der Waals surface area contributed by atoms with Crippen LogP contribution in [0.2, 0.25) is 0 Å². The molecule has 0 spiro atoms. The lowest BCUT2D eigenvalue weighted by molar-refractivity contribution is -0.385. The number of non-ortho nitro benzene ring substituents is 1. The lowest BCUT2D eigenvalue weighted by atomic mass is 10.3. The summed E-state index contributed by atoms with van der Waals surface area (Å²) in [5.41, 5.74) is -0.364. The minimum atomic E-state index is -0.868. The van der Waals surface area contributed by atoms with Gasteiger partial charge in [-0.15, -0.1) is 0 Å². The van der Waals surface area contributed by atoms with E-state index in [1.807, 2.05) is 0 Å². The van der Waals surface area contributed by atoms with Crippen molar-refractivity contribution < 1.29 is 19.2 Å². The smallest absolute Gasteiger partial charge is 0.272 e. The molecule has 0 aliphatic rings. The van der Waals surface area contributed by atoms with Gasteiger partial charge < -0.3 is 9.84 Å². The average Bonchev–Trinajstić information content (AvgIpc) is 2.34. The molecule has 0 unspecified atom stereocenters. The lowest BCUT2D eigenvalue weighted by Gasteiger charge is -2.07. The van der Waals surface area contributed by atoms with Gasteiger partial charge in [-0.3, -0.25) is 10.1 Å². The number of ether oxygens (including phenoxy) is 1. The van der Waals surface area contributed by atoms with Crippen molar-refractivity contribution in [1.82, 2.24) is 0 Å². The van der Waals surface area contributed by atoms with Crippen LogP contribution in [0.1, 0.15) is 0 Å². The van der Waals surface area contributed by atoms with Gasteiger partial charge in [-0.05, 0) is 18.2 Å². The first-order valence-electron chi connectivity index (χ1n) is 4.97. The van der Waals surface area contributed by atoms with Gasteiger partial charge in [0.1, 0.15) is 0 Å². The number of nitro groups is 1. The standard InChI is InChI=1S/C12H8FNO4/c13-9-7-8(14(16)17)5-6-11(9)18-12-4-2-1-3-10(12)15/h1-7,15H. The Balaban J connectivity index is 2.30. The molecule has 0 aliphatic carbocycles. The van der Waals surface area contributed by atoms with Crippen molar-refractivity contribution in [3.8, 4) is 17.2 Å². The highest BCUT2D eigenvalue weighted by Gasteiger charge is 2.13. The van der Waals surface area contributed by atoms with E-state index in [0.29, 0.717) is 0 Å². The van der Waals surface area contributed by atoms with Crippen LogP contribution >= 0.6 is 0 Å². The summed E-state index contributed by atoms with van der Waals surface area (Å²) in [5.74, 6) is -1.13. The SMILES string of the molecule is O=[N+]([O-])c1ccc(Oc2ccccc2O)c(F)c1. The van der Waals surface area contributed by atoms with Crippen LogP contribution in [-0.2, 0) is 0 Å². The van der Waals surface area contributed by atoms with Crippen molar-refractivity contribution in [2.45, 2.75) is 0 Å². The van der Waals surface area contributed by atoms with Gasteiger partial charge in [0.15, 0.2) is 23.1 Å². The van der Waals surface area contributed by atoms with Gasteiger partial charge in [0.2, 0.25) is 0 Å². The second-order valence-corrected chi connectivity index (χ2v) is 3.44. The largest absolute Gasteiger partial charge is 0.504 e. The van der Waals surface area contributed by atoms with Crippen LogP contribution in [0.5, 0.6) is 17.2 Å². The van der Waals surface area contributed by atoms with Crippen LogP contribution < -0.4 is 4.74 Å². The van der Waals surface area contributed by atoms with E-state index in [1.54, 1.807) is 12.1 Å². The highest BCUT2D eigenvalue weighted by molar-refractivity contribution is 5.44. The maximum Gasteiger partial charge on any atom is 0.272 e. The number of para-hydroxylation sites is 2. The van der Waals surface area contributed by atoms with Crippen LogP contribution in [0, 0.1) is 15.9 Å². The number of phenols is 1. The van der Waals surface area contributed by atoms with Crippen molar-refractivity contribution in [2.24, 2.45) is 0 Å². The second kappa shape index (κ2) is 4.70. The first-order valence-corrected chi connectivity index (χ1v) is 4.97. The van der Waals surface area contributed by atoms with E-state index in [0.717, 1.165) is 18.2 Å². The molecule has 5 nitrogen and oxygen atoms in total. The minimum Gasteiger partial charge on any atom is -0.504 e. The van der Waals surface area contributed by atoms with E-state index < -0.39 is 10.7 Å². The summed E-state index contributed by atoms with van der Waals surface area (Å²) in [6.07, 6.45) is 0. The molecule has 0 aliphatic heterocycles. The predicted octanol–water partition coefficient (Wildman–Crippen LogP) is 3.23. The third-order valence-electron chi connectivity index (χ3n) is 2.21. The highest BCUT2D eigenvalue weighted by atomic mass is 19.1. The molecule has 2 aromatic rings. The fraction of sp³-hybridized carbons (Fsp3) is 0. The van der Waals surface area contributed by atoms with Gasteiger partial charge in [-0.25, -0.2) is 4.39 Å². The Bertz CT molecular complexity index is 600. The second-order valence-electron chi connectivity index (χ2n) is 3.44. The van der Waals surface area contributed by atoms with Gasteiger partial charge in [0.05, 0.1) is 11.0 Å². The zero-order valence-corrected chi connectivity index (χ0v) is 9.04.